The molecule has 0 bridgehead atoms. The zero-order valence-electron chi connectivity index (χ0n) is 13.7. The summed E-state index contributed by atoms with van der Waals surface area (Å²) in [7, 11) is 1.74. The molecule has 3 rings (SSSR count). The quantitative estimate of drug-likeness (QED) is 0.869. The molecule has 116 valence electrons. The van der Waals surface area contributed by atoms with E-state index in [-0.39, 0.29) is 0 Å². The monoisotopic (exact) mass is 287 g/mol. The first-order valence-corrected chi connectivity index (χ1v) is 8.45. The summed E-state index contributed by atoms with van der Waals surface area (Å²) in [4.78, 5) is 0. The molecule has 2 atom stereocenters. The van der Waals surface area contributed by atoms with Crippen molar-refractivity contribution in [2.75, 3.05) is 13.7 Å². The van der Waals surface area contributed by atoms with E-state index in [1.807, 2.05) is 0 Å². The molecule has 2 aliphatic rings. The third-order valence-electron chi connectivity index (χ3n) is 5.32. The zero-order chi connectivity index (χ0) is 14.9. The molecule has 2 saturated carbocycles. The molecule has 2 aliphatic carbocycles. The molecule has 1 aromatic carbocycles. The molecular formula is C19H29NO. The molecule has 0 aliphatic heterocycles. The molecule has 2 heteroatoms. The van der Waals surface area contributed by atoms with Crippen LogP contribution < -0.4 is 10.1 Å². The fourth-order valence-electron chi connectivity index (χ4n) is 3.73. The van der Waals surface area contributed by atoms with Crippen molar-refractivity contribution in [3.8, 4) is 5.75 Å². The van der Waals surface area contributed by atoms with Gasteiger partial charge in [0.15, 0.2) is 0 Å². The standard InChI is InChI=1S/C19H29NO/c1-19(2)11-10-15(13-20-16-6-7-16)18(12-19)14-4-8-17(21-3)9-5-14/h4-5,8-9,15-16,18,20H,6-7,10-13H2,1-3H3. The van der Waals surface area contributed by atoms with E-state index in [1.54, 1.807) is 7.11 Å². The van der Waals surface area contributed by atoms with Crippen molar-refractivity contribution in [2.45, 2.75) is 57.9 Å². The first-order valence-electron chi connectivity index (χ1n) is 8.45. The van der Waals surface area contributed by atoms with Crippen LogP contribution in [0.15, 0.2) is 24.3 Å². The lowest BCUT2D eigenvalue weighted by atomic mass is 9.65. The van der Waals surface area contributed by atoms with Gasteiger partial charge in [0, 0.05) is 6.04 Å². The Morgan fingerprint density at radius 2 is 1.86 bits per heavy atom. The second-order valence-electron chi connectivity index (χ2n) is 7.73. The summed E-state index contributed by atoms with van der Waals surface area (Å²) in [5, 5.41) is 3.75. The molecule has 1 aromatic rings. The van der Waals surface area contributed by atoms with E-state index in [0.29, 0.717) is 11.3 Å². The third kappa shape index (κ3) is 3.79. The van der Waals surface area contributed by atoms with E-state index in [4.69, 9.17) is 4.74 Å². The largest absolute Gasteiger partial charge is 0.497 e. The van der Waals surface area contributed by atoms with E-state index in [1.165, 1.54) is 44.2 Å². The van der Waals surface area contributed by atoms with Crippen molar-refractivity contribution >= 4 is 0 Å². The maximum absolute atomic E-state index is 5.30. The van der Waals surface area contributed by atoms with Crippen LogP contribution in [-0.4, -0.2) is 19.7 Å². The van der Waals surface area contributed by atoms with Crippen molar-refractivity contribution in [3.63, 3.8) is 0 Å². The van der Waals surface area contributed by atoms with Crippen LogP contribution in [0.4, 0.5) is 0 Å². The van der Waals surface area contributed by atoms with Gasteiger partial charge in [0.1, 0.15) is 5.75 Å². The Bertz CT molecular complexity index is 459. The van der Waals surface area contributed by atoms with E-state index in [0.717, 1.165) is 17.7 Å². The van der Waals surface area contributed by atoms with Crippen LogP contribution in [0.1, 0.15) is 57.4 Å². The lowest BCUT2D eigenvalue weighted by Gasteiger charge is -2.41. The van der Waals surface area contributed by atoms with Crippen molar-refractivity contribution in [3.05, 3.63) is 29.8 Å². The van der Waals surface area contributed by atoms with Crippen molar-refractivity contribution in [1.82, 2.24) is 5.32 Å². The number of nitrogens with one attached hydrogen (secondary N) is 1. The lowest BCUT2D eigenvalue weighted by Crippen LogP contribution is -2.35. The van der Waals surface area contributed by atoms with Crippen LogP contribution in [0.25, 0.3) is 0 Å². The van der Waals surface area contributed by atoms with Crippen LogP contribution in [-0.2, 0) is 0 Å². The SMILES string of the molecule is COc1ccc(C2CC(C)(C)CCC2CNC2CC2)cc1. The summed E-state index contributed by atoms with van der Waals surface area (Å²) in [6, 6.07) is 9.59. The zero-order valence-corrected chi connectivity index (χ0v) is 13.7. The highest BCUT2D eigenvalue weighted by atomic mass is 16.5. The van der Waals surface area contributed by atoms with E-state index in [9.17, 15) is 0 Å². The fraction of sp³-hybridized carbons (Fsp3) is 0.684. The highest BCUT2D eigenvalue weighted by Crippen LogP contribution is 2.46. The van der Waals surface area contributed by atoms with Crippen molar-refractivity contribution in [2.24, 2.45) is 11.3 Å². The molecule has 21 heavy (non-hydrogen) atoms. The molecule has 0 saturated heterocycles. The van der Waals surface area contributed by atoms with E-state index >= 15 is 0 Å². The first-order chi connectivity index (χ1) is 10.1. The van der Waals surface area contributed by atoms with Crippen LogP contribution in [0.5, 0.6) is 5.75 Å². The molecule has 0 spiro atoms. The predicted octanol–water partition coefficient (Wildman–Crippen LogP) is 4.36. The Hall–Kier alpha value is -1.02. The fourth-order valence-corrected chi connectivity index (χ4v) is 3.73. The summed E-state index contributed by atoms with van der Waals surface area (Å²) >= 11 is 0. The number of ether oxygens (including phenoxy) is 1. The number of benzene rings is 1. The molecule has 0 radical (unpaired) electrons. The molecule has 2 nitrogen and oxygen atoms in total. The average Bonchev–Trinajstić information content (AvgIpc) is 3.30. The van der Waals surface area contributed by atoms with Gasteiger partial charge in [0.2, 0.25) is 0 Å². The first kappa shape index (κ1) is 14.9. The van der Waals surface area contributed by atoms with Gasteiger partial charge in [-0.05, 0) is 73.6 Å². The van der Waals surface area contributed by atoms with Gasteiger partial charge in [-0.15, -0.1) is 0 Å². The molecule has 0 aromatic heterocycles. The minimum absolute atomic E-state index is 0.473. The summed E-state index contributed by atoms with van der Waals surface area (Å²) in [5.41, 5.74) is 1.96. The summed E-state index contributed by atoms with van der Waals surface area (Å²) in [6.07, 6.45) is 6.77. The maximum atomic E-state index is 5.30. The van der Waals surface area contributed by atoms with Crippen molar-refractivity contribution in [1.29, 1.82) is 0 Å². The number of rotatable bonds is 5. The predicted molar refractivity (Wildman–Crippen MR) is 87.9 cm³/mol. The van der Waals surface area contributed by atoms with Gasteiger partial charge in [0.05, 0.1) is 7.11 Å². The smallest absolute Gasteiger partial charge is 0.118 e. The molecule has 1 N–H and O–H groups in total. The Morgan fingerprint density at radius 3 is 2.48 bits per heavy atom. The Kier molecular flexibility index (Phi) is 4.26. The van der Waals surface area contributed by atoms with Gasteiger partial charge in [0.25, 0.3) is 0 Å². The number of hydrogen-bond donors (Lipinski definition) is 1. The lowest BCUT2D eigenvalue weighted by molar-refractivity contribution is 0.159. The van der Waals surface area contributed by atoms with Gasteiger partial charge < -0.3 is 10.1 Å². The van der Waals surface area contributed by atoms with Gasteiger partial charge in [-0.3, -0.25) is 0 Å². The molecule has 2 unspecified atom stereocenters. The summed E-state index contributed by atoms with van der Waals surface area (Å²) < 4.78 is 5.30. The van der Waals surface area contributed by atoms with Crippen LogP contribution in [0.3, 0.4) is 0 Å². The third-order valence-corrected chi connectivity index (χ3v) is 5.32. The maximum Gasteiger partial charge on any atom is 0.118 e. The normalized spacial score (nSPS) is 28.3. The minimum atomic E-state index is 0.473. The van der Waals surface area contributed by atoms with Gasteiger partial charge in [-0.25, -0.2) is 0 Å². The van der Waals surface area contributed by atoms with Crippen LogP contribution in [0.2, 0.25) is 0 Å². The summed E-state index contributed by atoms with van der Waals surface area (Å²) in [6.45, 7) is 6.04. The topological polar surface area (TPSA) is 21.3 Å². The van der Waals surface area contributed by atoms with E-state index in [2.05, 4.69) is 43.4 Å². The number of hydrogen-bond acceptors (Lipinski definition) is 2. The molecular weight excluding hydrogens is 258 g/mol. The summed E-state index contributed by atoms with van der Waals surface area (Å²) in [5.74, 6) is 2.43. The highest BCUT2D eigenvalue weighted by Gasteiger charge is 2.36. The molecule has 0 amide bonds. The van der Waals surface area contributed by atoms with E-state index < -0.39 is 0 Å². The number of methoxy groups -OCH3 is 1. The highest BCUT2D eigenvalue weighted by molar-refractivity contribution is 5.30. The average molecular weight is 287 g/mol. The Morgan fingerprint density at radius 1 is 1.14 bits per heavy atom. The van der Waals surface area contributed by atoms with Crippen molar-refractivity contribution < 1.29 is 4.74 Å². The second kappa shape index (κ2) is 6.00. The molecule has 0 heterocycles. The van der Waals surface area contributed by atoms with Crippen LogP contribution in [0, 0.1) is 11.3 Å². The van der Waals surface area contributed by atoms with Gasteiger partial charge in [-0.1, -0.05) is 26.0 Å². The molecule has 2 fully saturated rings. The Labute approximate surface area is 129 Å². The minimum Gasteiger partial charge on any atom is -0.497 e. The second-order valence-corrected chi connectivity index (χ2v) is 7.73. The van der Waals surface area contributed by atoms with Gasteiger partial charge in [-0.2, -0.15) is 0 Å². The van der Waals surface area contributed by atoms with Crippen LogP contribution >= 0.6 is 0 Å². The van der Waals surface area contributed by atoms with Gasteiger partial charge >= 0.3 is 0 Å². The Balaban J connectivity index is 1.73.